The summed E-state index contributed by atoms with van der Waals surface area (Å²) in [5, 5.41) is 16.3. The van der Waals surface area contributed by atoms with Crippen molar-refractivity contribution in [3.05, 3.63) is 21.0 Å². The van der Waals surface area contributed by atoms with Crippen LogP contribution < -0.4 is 5.32 Å². The lowest BCUT2D eigenvalue weighted by Gasteiger charge is -1.93. The second kappa shape index (κ2) is 5.23. The molecule has 2 heterocycles. The van der Waals surface area contributed by atoms with Gasteiger partial charge < -0.3 is 5.32 Å². The van der Waals surface area contributed by atoms with Gasteiger partial charge >= 0.3 is 0 Å². The summed E-state index contributed by atoms with van der Waals surface area (Å²) in [6.45, 7) is 5.79. The molecule has 2 rings (SSSR count). The number of aromatic nitrogens is 2. The van der Waals surface area contributed by atoms with Gasteiger partial charge in [0.25, 0.3) is 0 Å². The third-order valence-corrected chi connectivity index (χ3v) is 4.86. The zero-order valence-corrected chi connectivity index (χ0v) is 11.5. The van der Waals surface area contributed by atoms with Gasteiger partial charge in [-0.15, -0.1) is 21.5 Å². The first-order valence-electron chi connectivity index (χ1n) is 4.99. The van der Waals surface area contributed by atoms with Gasteiger partial charge in [0.05, 0.1) is 9.90 Å². The van der Waals surface area contributed by atoms with Crippen molar-refractivity contribution in [1.82, 2.24) is 15.5 Å². The van der Waals surface area contributed by atoms with E-state index in [-0.39, 0.29) is 0 Å². The molecular weight excluding hydrogens is 262 g/mol. The molecule has 0 aliphatic carbocycles. The highest BCUT2D eigenvalue weighted by Gasteiger charge is 2.13. The Morgan fingerprint density at radius 3 is 2.88 bits per heavy atom. The van der Waals surface area contributed by atoms with Crippen molar-refractivity contribution in [1.29, 1.82) is 0 Å². The van der Waals surface area contributed by atoms with E-state index in [2.05, 4.69) is 22.4 Å². The summed E-state index contributed by atoms with van der Waals surface area (Å²) >= 11 is 9.41. The topological polar surface area (TPSA) is 37.8 Å². The Bertz CT molecular complexity index is 478. The number of hydrogen-bond donors (Lipinski definition) is 1. The standard InChI is InChI=1S/C10H12ClN3S2/c1-3-12-4-7-13-14-10(16-7)9-8(11)6(2)5-15-9/h5,12H,3-4H2,1-2H3. The molecule has 86 valence electrons. The molecule has 0 bridgehead atoms. The fourth-order valence-electron chi connectivity index (χ4n) is 1.22. The van der Waals surface area contributed by atoms with E-state index in [0.717, 1.165) is 38.6 Å². The number of rotatable bonds is 4. The number of hydrogen-bond acceptors (Lipinski definition) is 5. The van der Waals surface area contributed by atoms with E-state index in [1.54, 1.807) is 22.7 Å². The fraction of sp³-hybridized carbons (Fsp3) is 0.400. The van der Waals surface area contributed by atoms with Gasteiger partial charge in [0.1, 0.15) is 5.01 Å². The summed E-state index contributed by atoms with van der Waals surface area (Å²) in [5.41, 5.74) is 1.10. The van der Waals surface area contributed by atoms with Crippen LogP contribution in [-0.2, 0) is 6.54 Å². The van der Waals surface area contributed by atoms with Gasteiger partial charge in [-0.1, -0.05) is 29.9 Å². The number of thiophene rings is 1. The van der Waals surface area contributed by atoms with Crippen molar-refractivity contribution in [2.24, 2.45) is 0 Å². The van der Waals surface area contributed by atoms with E-state index in [0.29, 0.717) is 0 Å². The van der Waals surface area contributed by atoms with Gasteiger partial charge in [-0.25, -0.2) is 0 Å². The van der Waals surface area contributed by atoms with Crippen molar-refractivity contribution in [2.75, 3.05) is 6.54 Å². The highest BCUT2D eigenvalue weighted by Crippen LogP contribution is 2.37. The summed E-state index contributed by atoms with van der Waals surface area (Å²) in [6, 6.07) is 0. The van der Waals surface area contributed by atoms with Crippen LogP contribution in [-0.4, -0.2) is 16.7 Å². The molecule has 3 nitrogen and oxygen atoms in total. The summed E-state index contributed by atoms with van der Waals surface area (Å²) in [6.07, 6.45) is 0. The first kappa shape index (κ1) is 12.0. The third kappa shape index (κ3) is 2.43. The van der Waals surface area contributed by atoms with E-state index in [1.807, 2.05) is 12.3 Å². The summed E-state index contributed by atoms with van der Waals surface area (Å²) in [5.74, 6) is 0. The van der Waals surface area contributed by atoms with Crippen LogP contribution in [0.4, 0.5) is 0 Å². The quantitative estimate of drug-likeness (QED) is 0.928. The lowest BCUT2D eigenvalue weighted by molar-refractivity contribution is 0.715. The molecule has 16 heavy (non-hydrogen) atoms. The summed E-state index contributed by atoms with van der Waals surface area (Å²) in [7, 11) is 0. The molecule has 0 radical (unpaired) electrons. The normalized spacial score (nSPS) is 10.9. The molecule has 0 saturated carbocycles. The molecule has 0 aromatic carbocycles. The van der Waals surface area contributed by atoms with Gasteiger partial charge in [-0.2, -0.15) is 0 Å². The Labute approximate surface area is 107 Å². The number of nitrogens with zero attached hydrogens (tertiary/aromatic N) is 2. The van der Waals surface area contributed by atoms with Gasteiger partial charge in [-0.05, 0) is 24.4 Å². The molecule has 6 heteroatoms. The van der Waals surface area contributed by atoms with Crippen LogP contribution in [0.5, 0.6) is 0 Å². The van der Waals surface area contributed by atoms with Crippen LogP contribution >= 0.6 is 34.3 Å². The maximum Gasteiger partial charge on any atom is 0.159 e. The van der Waals surface area contributed by atoms with Crippen molar-refractivity contribution in [3.63, 3.8) is 0 Å². The largest absolute Gasteiger partial charge is 0.311 e. The minimum Gasteiger partial charge on any atom is -0.311 e. The molecule has 0 spiro atoms. The molecule has 0 atom stereocenters. The van der Waals surface area contributed by atoms with Crippen LogP contribution in [0.25, 0.3) is 9.88 Å². The average Bonchev–Trinajstić information content (AvgIpc) is 2.85. The maximum absolute atomic E-state index is 6.19. The highest BCUT2D eigenvalue weighted by molar-refractivity contribution is 7.21. The smallest absolute Gasteiger partial charge is 0.159 e. The molecule has 0 fully saturated rings. The van der Waals surface area contributed by atoms with E-state index in [4.69, 9.17) is 11.6 Å². The maximum atomic E-state index is 6.19. The highest BCUT2D eigenvalue weighted by atomic mass is 35.5. The van der Waals surface area contributed by atoms with E-state index in [1.165, 1.54) is 0 Å². The Kier molecular flexibility index (Phi) is 3.91. The SMILES string of the molecule is CCNCc1nnc(-c2scc(C)c2Cl)s1. The molecule has 0 aliphatic heterocycles. The molecular formula is C10H12ClN3S2. The van der Waals surface area contributed by atoms with E-state index < -0.39 is 0 Å². The van der Waals surface area contributed by atoms with Gasteiger partial charge in [0, 0.05) is 6.54 Å². The molecule has 0 aliphatic rings. The Morgan fingerprint density at radius 2 is 2.25 bits per heavy atom. The lowest BCUT2D eigenvalue weighted by Crippen LogP contribution is -2.11. The van der Waals surface area contributed by atoms with Crippen LogP contribution in [0, 0.1) is 6.92 Å². The fourth-order valence-corrected chi connectivity index (χ4v) is 3.46. The summed E-state index contributed by atoms with van der Waals surface area (Å²) in [4.78, 5) is 1.03. The second-order valence-corrected chi connectivity index (χ2v) is 5.66. The van der Waals surface area contributed by atoms with Crippen LogP contribution in [0.15, 0.2) is 5.38 Å². The van der Waals surface area contributed by atoms with Gasteiger partial charge in [0.2, 0.25) is 0 Å². The lowest BCUT2D eigenvalue weighted by atomic mass is 10.3. The zero-order valence-electron chi connectivity index (χ0n) is 9.08. The third-order valence-electron chi connectivity index (χ3n) is 2.09. The molecule has 1 N–H and O–H groups in total. The van der Waals surface area contributed by atoms with Gasteiger partial charge in [-0.3, -0.25) is 0 Å². The Morgan fingerprint density at radius 1 is 1.44 bits per heavy atom. The van der Waals surface area contributed by atoms with Gasteiger partial charge in [0.15, 0.2) is 5.01 Å². The minimum atomic E-state index is 0.774. The molecule has 2 aromatic rings. The van der Waals surface area contributed by atoms with E-state index >= 15 is 0 Å². The van der Waals surface area contributed by atoms with Crippen LogP contribution in [0.1, 0.15) is 17.5 Å². The summed E-state index contributed by atoms with van der Waals surface area (Å²) < 4.78 is 0. The Balaban J connectivity index is 2.21. The second-order valence-electron chi connectivity index (χ2n) is 3.34. The van der Waals surface area contributed by atoms with Crippen molar-refractivity contribution in [3.8, 4) is 9.88 Å². The molecule has 0 unspecified atom stereocenters. The van der Waals surface area contributed by atoms with Crippen molar-refractivity contribution in [2.45, 2.75) is 20.4 Å². The van der Waals surface area contributed by atoms with Crippen LogP contribution in [0.3, 0.4) is 0 Å². The first-order chi connectivity index (χ1) is 7.72. The van der Waals surface area contributed by atoms with Crippen molar-refractivity contribution < 1.29 is 0 Å². The number of aryl methyl sites for hydroxylation is 1. The molecule has 2 aromatic heterocycles. The van der Waals surface area contributed by atoms with E-state index in [9.17, 15) is 0 Å². The first-order valence-corrected chi connectivity index (χ1v) is 7.06. The average molecular weight is 274 g/mol. The predicted octanol–water partition coefficient (Wildman–Crippen LogP) is 3.34. The zero-order chi connectivity index (χ0) is 11.5. The number of halogens is 1. The Hall–Kier alpha value is -0.490. The van der Waals surface area contributed by atoms with Crippen molar-refractivity contribution >= 4 is 34.3 Å². The molecule has 0 saturated heterocycles. The number of nitrogens with one attached hydrogen (secondary N) is 1. The minimum absolute atomic E-state index is 0.774. The monoisotopic (exact) mass is 273 g/mol. The van der Waals surface area contributed by atoms with Crippen LogP contribution in [0.2, 0.25) is 5.02 Å². The predicted molar refractivity (Wildman–Crippen MR) is 70.3 cm³/mol. The molecule has 0 amide bonds.